The van der Waals surface area contributed by atoms with E-state index in [2.05, 4.69) is 30.7 Å². The van der Waals surface area contributed by atoms with Crippen molar-refractivity contribution in [3.63, 3.8) is 0 Å². The van der Waals surface area contributed by atoms with Crippen molar-refractivity contribution in [1.82, 2.24) is 9.97 Å². The summed E-state index contributed by atoms with van der Waals surface area (Å²) in [5, 5.41) is 0. The van der Waals surface area contributed by atoms with Crippen molar-refractivity contribution in [3.8, 4) is 0 Å². The zero-order valence-electron chi connectivity index (χ0n) is 11.2. The van der Waals surface area contributed by atoms with Gasteiger partial charge in [-0.3, -0.25) is 0 Å². The van der Waals surface area contributed by atoms with E-state index in [0.717, 1.165) is 6.42 Å². The number of nitrogens with one attached hydrogen (secondary N) is 1. The molecule has 1 atom stereocenters. The van der Waals surface area contributed by atoms with Crippen molar-refractivity contribution >= 4 is 12.2 Å². The lowest BCUT2D eigenvalue weighted by Gasteiger charge is -2.35. The second-order valence-corrected chi connectivity index (χ2v) is 6.54. The molecule has 0 saturated heterocycles. The third-order valence-electron chi connectivity index (χ3n) is 3.81. The molecule has 0 fully saturated rings. The highest BCUT2D eigenvalue weighted by molar-refractivity contribution is 7.71. The molecule has 0 radical (unpaired) electrons. The molecule has 0 saturated carbocycles. The van der Waals surface area contributed by atoms with Gasteiger partial charge in [-0.25, -0.2) is 4.98 Å². The summed E-state index contributed by atoms with van der Waals surface area (Å²) >= 11 is 4.79. The first-order valence-electron chi connectivity index (χ1n) is 6.28. The molecule has 0 aromatic carbocycles. The number of nitrogens with zero attached hydrogens (tertiary/aromatic N) is 1. The van der Waals surface area contributed by atoms with E-state index in [-0.39, 0.29) is 16.1 Å². The van der Waals surface area contributed by atoms with Gasteiger partial charge in [0.2, 0.25) is 0 Å². The lowest BCUT2D eigenvalue weighted by Crippen LogP contribution is -2.30. The topological polar surface area (TPSA) is 28.7 Å². The first kappa shape index (κ1) is 14.5. The summed E-state index contributed by atoms with van der Waals surface area (Å²) < 4.78 is 39.1. The Labute approximate surface area is 115 Å². The smallest absolute Gasteiger partial charge is 0.334 e. The number of fused-ring (bicyclic) bond motifs is 1. The second kappa shape index (κ2) is 4.58. The number of aromatic amines is 1. The molecule has 1 aliphatic rings. The summed E-state index contributed by atoms with van der Waals surface area (Å²) in [7, 11) is 0. The monoisotopic (exact) mass is 290 g/mol. The first-order chi connectivity index (χ1) is 8.59. The van der Waals surface area contributed by atoms with Gasteiger partial charge in [0.1, 0.15) is 0 Å². The van der Waals surface area contributed by atoms with E-state index in [0.29, 0.717) is 24.1 Å². The summed E-state index contributed by atoms with van der Waals surface area (Å²) in [6.07, 6.45) is -2.55. The average molecular weight is 290 g/mol. The van der Waals surface area contributed by atoms with Crippen molar-refractivity contribution in [2.75, 3.05) is 0 Å². The summed E-state index contributed by atoms with van der Waals surface area (Å²) in [6, 6.07) is 0. The predicted octanol–water partition coefficient (Wildman–Crippen LogP) is 4.31. The third kappa shape index (κ3) is 2.99. The molecular formula is C13H17F3N2S. The van der Waals surface area contributed by atoms with E-state index in [1.165, 1.54) is 0 Å². The van der Waals surface area contributed by atoms with Crippen LogP contribution in [0.2, 0.25) is 0 Å². The molecule has 106 valence electrons. The van der Waals surface area contributed by atoms with Crippen LogP contribution in [0.3, 0.4) is 0 Å². The summed E-state index contributed by atoms with van der Waals surface area (Å²) in [5.74, 6) is 0.229. The normalized spacial score (nSPS) is 20.2. The van der Waals surface area contributed by atoms with E-state index in [1.54, 1.807) is 0 Å². The molecule has 0 aliphatic heterocycles. The third-order valence-corrected chi connectivity index (χ3v) is 4.00. The molecule has 2 nitrogen and oxygen atoms in total. The van der Waals surface area contributed by atoms with Crippen molar-refractivity contribution in [2.45, 2.75) is 46.2 Å². The lowest BCUT2D eigenvalue weighted by molar-refractivity contribution is -0.142. The number of H-pyrrole nitrogens is 1. The molecule has 1 unspecified atom stereocenters. The number of aryl methyl sites for hydroxylation is 1. The fraction of sp³-hybridized carbons (Fsp3) is 0.692. The lowest BCUT2D eigenvalue weighted by atomic mass is 9.71. The van der Waals surface area contributed by atoms with Crippen LogP contribution in [0.15, 0.2) is 0 Å². The second-order valence-electron chi connectivity index (χ2n) is 6.15. The van der Waals surface area contributed by atoms with E-state index in [4.69, 9.17) is 12.2 Å². The molecule has 0 spiro atoms. The van der Waals surface area contributed by atoms with Crippen LogP contribution < -0.4 is 0 Å². The molecular weight excluding hydrogens is 273 g/mol. The molecule has 6 heteroatoms. The van der Waals surface area contributed by atoms with E-state index in [9.17, 15) is 13.2 Å². The van der Waals surface area contributed by atoms with Crippen LogP contribution in [0.5, 0.6) is 0 Å². The Bertz CT molecular complexity index is 540. The van der Waals surface area contributed by atoms with Crippen LogP contribution in [-0.2, 0) is 19.0 Å². The van der Waals surface area contributed by atoms with Gasteiger partial charge in [-0.1, -0.05) is 20.8 Å². The maximum absolute atomic E-state index is 13.1. The van der Waals surface area contributed by atoms with Crippen molar-refractivity contribution in [3.05, 3.63) is 21.7 Å². The Morgan fingerprint density at radius 1 is 1.26 bits per heavy atom. The van der Waals surface area contributed by atoms with E-state index in [1.807, 2.05) is 0 Å². The molecule has 2 rings (SSSR count). The minimum absolute atomic E-state index is 0.00675. The number of rotatable bonds is 0. The molecule has 0 bridgehead atoms. The van der Waals surface area contributed by atoms with Crippen LogP contribution >= 0.6 is 12.2 Å². The predicted molar refractivity (Wildman–Crippen MR) is 69.4 cm³/mol. The molecule has 1 aliphatic carbocycles. The number of hydrogen-bond donors (Lipinski definition) is 1. The molecule has 19 heavy (non-hydrogen) atoms. The fourth-order valence-corrected chi connectivity index (χ4v) is 2.83. The van der Waals surface area contributed by atoms with Crippen LogP contribution in [0.4, 0.5) is 13.2 Å². The van der Waals surface area contributed by atoms with Crippen LogP contribution in [-0.4, -0.2) is 9.97 Å². The van der Waals surface area contributed by atoms with E-state index < -0.39 is 11.9 Å². The van der Waals surface area contributed by atoms with Gasteiger partial charge in [-0.15, -0.1) is 0 Å². The van der Waals surface area contributed by atoms with Crippen LogP contribution in [0, 0.1) is 16.1 Å². The van der Waals surface area contributed by atoms with Crippen molar-refractivity contribution in [1.29, 1.82) is 0 Å². The van der Waals surface area contributed by atoms with Gasteiger partial charge < -0.3 is 4.98 Å². The molecule has 1 aromatic rings. The van der Waals surface area contributed by atoms with E-state index >= 15 is 0 Å². The molecule has 1 N–H and O–H groups in total. The SMILES string of the molecule is CC(C)(C)C1CCc2[nH]c(=S)nc(C(F)(F)F)c2C1. The number of halogens is 3. The molecule has 0 amide bonds. The minimum atomic E-state index is -4.44. The summed E-state index contributed by atoms with van der Waals surface area (Å²) in [4.78, 5) is 6.32. The highest BCUT2D eigenvalue weighted by Crippen LogP contribution is 2.40. The summed E-state index contributed by atoms with van der Waals surface area (Å²) in [6.45, 7) is 6.19. The number of alkyl halides is 3. The minimum Gasteiger partial charge on any atom is -0.334 e. The quantitative estimate of drug-likeness (QED) is 0.721. The Hall–Kier alpha value is -0.910. The van der Waals surface area contributed by atoms with Crippen molar-refractivity contribution < 1.29 is 13.2 Å². The Kier molecular flexibility index (Phi) is 3.49. The van der Waals surface area contributed by atoms with Gasteiger partial charge >= 0.3 is 6.18 Å². The highest BCUT2D eigenvalue weighted by Gasteiger charge is 2.40. The Balaban J connectivity index is 2.51. The van der Waals surface area contributed by atoms with Gasteiger partial charge in [0, 0.05) is 11.3 Å². The van der Waals surface area contributed by atoms with Gasteiger partial charge in [-0.05, 0) is 42.8 Å². The van der Waals surface area contributed by atoms with Crippen LogP contribution in [0.1, 0.15) is 44.1 Å². The fourth-order valence-electron chi connectivity index (χ4n) is 2.62. The van der Waals surface area contributed by atoms with Gasteiger partial charge in [-0.2, -0.15) is 13.2 Å². The number of hydrogen-bond acceptors (Lipinski definition) is 2. The maximum Gasteiger partial charge on any atom is 0.433 e. The standard InChI is InChI=1S/C13H17F3N2S/c1-12(2,3)7-4-5-9-8(6-7)10(13(14,15)16)18-11(19)17-9/h7H,4-6H2,1-3H3,(H,17,18,19). The maximum atomic E-state index is 13.1. The van der Waals surface area contributed by atoms with Gasteiger partial charge in [0.15, 0.2) is 10.5 Å². The van der Waals surface area contributed by atoms with Gasteiger partial charge in [0.05, 0.1) is 0 Å². The first-order valence-corrected chi connectivity index (χ1v) is 6.69. The van der Waals surface area contributed by atoms with Gasteiger partial charge in [0.25, 0.3) is 0 Å². The van der Waals surface area contributed by atoms with Crippen LogP contribution in [0.25, 0.3) is 0 Å². The highest BCUT2D eigenvalue weighted by atomic mass is 32.1. The Morgan fingerprint density at radius 3 is 2.42 bits per heavy atom. The Morgan fingerprint density at radius 2 is 1.89 bits per heavy atom. The largest absolute Gasteiger partial charge is 0.433 e. The zero-order chi connectivity index (χ0) is 14.4. The molecule has 1 heterocycles. The number of aromatic nitrogens is 2. The average Bonchev–Trinajstić information content (AvgIpc) is 2.24. The van der Waals surface area contributed by atoms with Crippen molar-refractivity contribution in [2.24, 2.45) is 11.3 Å². The summed E-state index contributed by atoms with van der Waals surface area (Å²) in [5.41, 5.74) is 0.0907. The zero-order valence-corrected chi connectivity index (χ0v) is 12.0. The molecule has 1 aromatic heterocycles.